The topological polar surface area (TPSA) is 84.9 Å². The molecule has 0 aromatic rings. The van der Waals surface area contributed by atoms with Crippen molar-refractivity contribution in [3.63, 3.8) is 0 Å². The molecule has 2 atom stereocenters. The number of carbonyl (C=O) groups excluding carboxylic acids is 2. The number of aliphatic hydroxyl groups is 1. The number of hydrogen-bond donors (Lipinski definition) is 2. The Morgan fingerprint density at radius 3 is 2.17 bits per heavy atom. The second-order valence-electron chi connectivity index (χ2n) is 4.64. The lowest BCUT2D eigenvalue weighted by Crippen LogP contribution is -2.37. The largest absolute Gasteiger partial charge is 0.425 e. The van der Waals surface area contributed by atoms with Crippen LogP contribution < -0.4 is 5.32 Å². The van der Waals surface area contributed by atoms with Crippen molar-refractivity contribution < 1.29 is 24.2 Å². The van der Waals surface area contributed by atoms with Gasteiger partial charge in [0.15, 0.2) is 0 Å². The van der Waals surface area contributed by atoms with Gasteiger partial charge in [0.25, 0.3) is 6.29 Å². The first kappa shape index (κ1) is 16.7. The van der Waals surface area contributed by atoms with Crippen molar-refractivity contribution >= 4 is 12.1 Å². The molecule has 2 N–H and O–H groups in total. The Kier molecular flexibility index (Phi) is 7.35. The summed E-state index contributed by atoms with van der Waals surface area (Å²) >= 11 is 0. The molecule has 0 bridgehead atoms. The van der Waals surface area contributed by atoms with Crippen molar-refractivity contribution in [2.24, 2.45) is 11.8 Å². The van der Waals surface area contributed by atoms with E-state index in [-0.39, 0.29) is 18.4 Å². The number of alkyl carbamates (subject to hydrolysis) is 1. The molecular weight excluding hydrogens is 238 g/mol. The van der Waals surface area contributed by atoms with Gasteiger partial charge in [-0.15, -0.1) is 0 Å². The average molecular weight is 260 g/mol. The van der Waals surface area contributed by atoms with Crippen molar-refractivity contribution in [3.8, 4) is 0 Å². The predicted octanol–water partition coefficient (Wildman–Crippen LogP) is 1.09. The minimum Gasteiger partial charge on any atom is -0.425 e. The Hall–Kier alpha value is -1.30. The number of hydrogen-bond acceptors (Lipinski definition) is 5. The van der Waals surface area contributed by atoms with E-state index >= 15 is 0 Å². The van der Waals surface area contributed by atoms with E-state index in [9.17, 15) is 9.59 Å². The van der Waals surface area contributed by atoms with Crippen molar-refractivity contribution in [2.75, 3.05) is 6.54 Å². The van der Waals surface area contributed by atoms with E-state index in [1.54, 1.807) is 27.7 Å². The highest BCUT2D eigenvalue weighted by Crippen LogP contribution is 2.11. The second-order valence-corrected chi connectivity index (χ2v) is 4.64. The smallest absolute Gasteiger partial charge is 0.410 e. The minimum absolute atomic E-state index is 0.0260. The highest BCUT2D eigenvalue weighted by atomic mass is 16.7. The Morgan fingerprint density at radius 2 is 1.78 bits per heavy atom. The Bertz CT molecular complexity index is 276. The molecule has 0 rings (SSSR count). The Balaban J connectivity index is 4.27. The molecule has 0 fully saturated rings. The number of aliphatic hydroxyl groups excluding tert-OH is 1. The number of esters is 1. The molecule has 0 aliphatic heterocycles. The maximum absolute atomic E-state index is 11.4. The van der Waals surface area contributed by atoms with Gasteiger partial charge in [-0.25, -0.2) is 4.79 Å². The molecule has 6 nitrogen and oxygen atoms in total. The number of rotatable bonds is 6. The van der Waals surface area contributed by atoms with Crippen LogP contribution in [0.1, 0.15) is 27.7 Å². The maximum Gasteiger partial charge on any atom is 0.410 e. The van der Waals surface area contributed by atoms with Gasteiger partial charge >= 0.3 is 12.1 Å². The quantitative estimate of drug-likeness (QED) is 0.551. The number of nitrogens with one attached hydrogen (secondary N) is 1. The van der Waals surface area contributed by atoms with Gasteiger partial charge in [0.2, 0.25) is 0 Å². The van der Waals surface area contributed by atoms with E-state index in [0.29, 0.717) is 0 Å². The molecule has 0 heterocycles. The molecule has 0 aromatic heterocycles. The van der Waals surface area contributed by atoms with Crippen LogP contribution in [0, 0.1) is 18.8 Å². The van der Waals surface area contributed by atoms with Gasteiger partial charge < -0.3 is 19.9 Å². The molecule has 0 aliphatic carbocycles. The average Bonchev–Trinajstić information content (AvgIpc) is 2.24. The van der Waals surface area contributed by atoms with Crippen LogP contribution in [-0.2, 0) is 14.3 Å². The van der Waals surface area contributed by atoms with E-state index in [1.165, 1.54) is 0 Å². The molecule has 0 saturated carbocycles. The fourth-order valence-electron chi connectivity index (χ4n) is 0.895. The van der Waals surface area contributed by atoms with Crippen molar-refractivity contribution in [1.82, 2.24) is 5.32 Å². The zero-order valence-corrected chi connectivity index (χ0v) is 11.3. The molecule has 0 spiro atoms. The van der Waals surface area contributed by atoms with Crippen molar-refractivity contribution in [2.45, 2.75) is 40.1 Å². The van der Waals surface area contributed by atoms with Crippen LogP contribution in [0.25, 0.3) is 0 Å². The van der Waals surface area contributed by atoms with Crippen LogP contribution in [0.5, 0.6) is 0 Å². The first-order valence-electron chi connectivity index (χ1n) is 5.90. The first-order valence-corrected chi connectivity index (χ1v) is 5.90. The lowest BCUT2D eigenvalue weighted by molar-refractivity contribution is -0.178. The predicted molar refractivity (Wildman–Crippen MR) is 65.4 cm³/mol. The Morgan fingerprint density at radius 1 is 1.22 bits per heavy atom. The summed E-state index contributed by atoms with van der Waals surface area (Å²) in [6.07, 6.45) is -2.61. The summed E-state index contributed by atoms with van der Waals surface area (Å²) in [4.78, 5) is 22.8. The molecule has 0 unspecified atom stereocenters. The summed E-state index contributed by atoms with van der Waals surface area (Å²) in [5.41, 5.74) is 0. The van der Waals surface area contributed by atoms with Crippen LogP contribution in [0.15, 0.2) is 0 Å². The first-order chi connectivity index (χ1) is 8.23. The van der Waals surface area contributed by atoms with Crippen LogP contribution in [0.2, 0.25) is 0 Å². The summed E-state index contributed by atoms with van der Waals surface area (Å²) in [6, 6.07) is 0. The van der Waals surface area contributed by atoms with Crippen LogP contribution in [-0.4, -0.2) is 36.1 Å². The molecule has 18 heavy (non-hydrogen) atoms. The van der Waals surface area contributed by atoms with E-state index in [2.05, 4.69) is 12.2 Å². The van der Waals surface area contributed by atoms with Crippen LogP contribution in [0.3, 0.4) is 0 Å². The molecule has 0 saturated heterocycles. The highest BCUT2D eigenvalue weighted by Gasteiger charge is 2.24. The molecule has 0 aliphatic rings. The SMILES string of the molecule is [CH2][C@H](O)CNC(=O)O[C@@H](OC(=O)C(C)C)C(C)C. The molecule has 6 heteroatoms. The zero-order valence-electron chi connectivity index (χ0n) is 11.3. The lowest BCUT2D eigenvalue weighted by Gasteiger charge is -2.22. The van der Waals surface area contributed by atoms with Gasteiger partial charge in [0, 0.05) is 12.5 Å². The fraction of sp³-hybridized carbons (Fsp3) is 0.750. The zero-order chi connectivity index (χ0) is 14.3. The third kappa shape index (κ3) is 7.11. The van der Waals surface area contributed by atoms with Crippen molar-refractivity contribution in [3.05, 3.63) is 6.92 Å². The van der Waals surface area contributed by atoms with Gasteiger partial charge in [-0.2, -0.15) is 0 Å². The van der Waals surface area contributed by atoms with Crippen LogP contribution >= 0.6 is 0 Å². The van der Waals surface area contributed by atoms with Gasteiger partial charge in [0.05, 0.1) is 12.0 Å². The summed E-state index contributed by atoms with van der Waals surface area (Å²) in [7, 11) is 0. The van der Waals surface area contributed by atoms with Crippen molar-refractivity contribution in [1.29, 1.82) is 0 Å². The molecule has 1 radical (unpaired) electrons. The molecule has 0 aromatic carbocycles. The summed E-state index contributed by atoms with van der Waals surface area (Å²) in [5.74, 6) is -0.888. The summed E-state index contributed by atoms with van der Waals surface area (Å²) < 4.78 is 10.0. The van der Waals surface area contributed by atoms with Crippen LogP contribution in [0.4, 0.5) is 4.79 Å². The number of amides is 1. The third-order valence-electron chi connectivity index (χ3n) is 1.95. The number of ether oxygens (including phenoxy) is 2. The van der Waals surface area contributed by atoms with Gasteiger partial charge in [-0.1, -0.05) is 27.7 Å². The van der Waals surface area contributed by atoms with Gasteiger partial charge in [0.1, 0.15) is 0 Å². The van der Waals surface area contributed by atoms with E-state index in [4.69, 9.17) is 14.6 Å². The monoisotopic (exact) mass is 260 g/mol. The minimum atomic E-state index is -0.943. The summed E-state index contributed by atoms with van der Waals surface area (Å²) in [5, 5.41) is 11.2. The second kappa shape index (κ2) is 7.92. The van der Waals surface area contributed by atoms with E-state index in [0.717, 1.165) is 0 Å². The van der Waals surface area contributed by atoms with Gasteiger partial charge in [-0.05, 0) is 6.92 Å². The summed E-state index contributed by atoms with van der Waals surface area (Å²) in [6.45, 7) is 10.2. The Labute approximate surface area is 108 Å². The third-order valence-corrected chi connectivity index (χ3v) is 1.95. The highest BCUT2D eigenvalue weighted by molar-refractivity contribution is 5.72. The number of carbonyl (C=O) groups is 2. The molecular formula is C12H22NO5. The fourth-order valence-corrected chi connectivity index (χ4v) is 0.895. The lowest BCUT2D eigenvalue weighted by atomic mass is 10.2. The van der Waals surface area contributed by atoms with E-state index in [1.807, 2.05) is 0 Å². The standard InChI is InChI=1S/C12H22NO5/c1-7(2)10(15)17-11(8(3)4)18-12(16)13-6-9(5)14/h7-9,11,14H,5-6H2,1-4H3,(H,13,16)/t9-,11+/m0/s1. The maximum atomic E-state index is 11.4. The normalized spacial score (nSPS) is 14.2. The van der Waals surface area contributed by atoms with Gasteiger partial charge in [-0.3, -0.25) is 4.79 Å². The molecule has 105 valence electrons. The van der Waals surface area contributed by atoms with E-state index < -0.39 is 24.5 Å². The molecule has 1 amide bonds.